The molecule has 0 fully saturated rings. The predicted octanol–water partition coefficient (Wildman–Crippen LogP) is 4.29. The van der Waals surface area contributed by atoms with Crippen molar-refractivity contribution in [1.82, 2.24) is 5.32 Å². The highest BCUT2D eigenvalue weighted by atomic mass is 35.5. The van der Waals surface area contributed by atoms with E-state index in [-0.39, 0.29) is 0 Å². The lowest BCUT2D eigenvalue weighted by atomic mass is 9.98. The van der Waals surface area contributed by atoms with Crippen LogP contribution in [0.3, 0.4) is 0 Å². The van der Waals surface area contributed by atoms with Crippen molar-refractivity contribution in [2.75, 3.05) is 11.9 Å². The normalized spacial score (nSPS) is 18.2. The smallest absolute Gasteiger partial charge is 0.0529 e. The molecule has 1 aliphatic rings. The second kappa shape index (κ2) is 5.86. The monoisotopic (exact) mass is 286 g/mol. The van der Waals surface area contributed by atoms with Crippen LogP contribution in [0.4, 0.5) is 5.69 Å². The lowest BCUT2D eigenvalue weighted by Crippen LogP contribution is -2.15. The SMILES string of the molecule is Cc1cc(Cl)ccc1NC1CCNCc2ccccc21. The molecule has 2 aromatic rings. The maximum atomic E-state index is 6.03. The van der Waals surface area contributed by atoms with E-state index in [9.17, 15) is 0 Å². The summed E-state index contributed by atoms with van der Waals surface area (Å²) in [4.78, 5) is 0. The summed E-state index contributed by atoms with van der Waals surface area (Å²) in [5, 5.41) is 7.94. The Kier molecular flexibility index (Phi) is 3.95. The number of nitrogens with one attached hydrogen (secondary N) is 2. The Morgan fingerprint density at radius 3 is 2.90 bits per heavy atom. The first-order valence-electron chi connectivity index (χ1n) is 7.05. The van der Waals surface area contributed by atoms with Gasteiger partial charge >= 0.3 is 0 Å². The molecule has 0 saturated carbocycles. The summed E-state index contributed by atoms with van der Waals surface area (Å²) in [5.41, 5.74) is 5.13. The first kappa shape index (κ1) is 13.5. The fraction of sp³-hybridized carbons (Fsp3) is 0.294. The number of fused-ring (bicyclic) bond motifs is 1. The predicted molar refractivity (Wildman–Crippen MR) is 85.3 cm³/mol. The van der Waals surface area contributed by atoms with Crippen LogP contribution in [0.2, 0.25) is 5.02 Å². The minimum atomic E-state index is 0.348. The van der Waals surface area contributed by atoms with Crippen molar-refractivity contribution >= 4 is 17.3 Å². The van der Waals surface area contributed by atoms with E-state index < -0.39 is 0 Å². The maximum absolute atomic E-state index is 6.03. The van der Waals surface area contributed by atoms with E-state index in [1.165, 1.54) is 16.7 Å². The Balaban J connectivity index is 1.90. The van der Waals surface area contributed by atoms with E-state index in [1.54, 1.807) is 0 Å². The number of anilines is 1. The second-order valence-electron chi connectivity index (χ2n) is 5.32. The molecule has 1 heterocycles. The molecule has 0 spiro atoms. The van der Waals surface area contributed by atoms with Gasteiger partial charge in [-0.2, -0.15) is 0 Å². The molecule has 1 unspecified atom stereocenters. The van der Waals surface area contributed by atoms with E-state index in [0.29, 0.717) is 6.04 Å². The van der Waals surface area contributed by atoms with Gasteiger partial charge in [-0.15, -0.1) is 0 Å². The molecule has 2 N–H and O–H groups in total. The molecule has 20 heavy (non-hydrogen) atoms. The van der Waals surface area contributed by atoms with Gasteiger partial charge in [0.2, 0.25) is 0 Å². The quantitative estimate of drug-likeness (QED) is 0.860. The molecule has 0 radical (unpaired) electrons. The highest BCUT2D eigenvalue weighted by Gasteiger charge is 2.18. The summed E-state index contributed by atoms with van der Waals surface area (Å²) < 4.78 is 0. The van der Waals surface area contributed by atoms with E-state index in [4.69, 9.17) is 11.6 Å². The zero-order valence-electron chi connectivity index (χ0n) is 11.6. The van der Waals surface area contributed by atoms with Crippen LogP contribution >= 0.6 is 11.6 Å². The molecule has 0 bridgehead atoms. The minimum Gasteiger partial charge on any atom is -0.378 e. The van der Waals surface area contributed by atoms with Crippen LogP contribution in [0.25, 0.3) is 0 Å². The van der Waals surface area contributed by atoms with Gasteiger partial charge in [-0.25, -0.2) is 0 Å². The van der Waals surface area contributed by atoms with E-state index in [0.717, 1.165) is 30.2 Å². The van der Waals surface area contributed by atoms with Gasteiger partial charge in [-0.05, 0) is 54.8 Å². The third kappa shape index (κ3) is 2.82. The number of aryl methyl sites for hydroxylation is 1. The highest BCUT2D eigenvalue weighted by Crippen LogP contribution is 2.29. The van der Waals surface area contributed by atoms with Gasteiger partial charge in [-0.3, -0.25) is 0 Å². The third-order valence-electron chi connectivity index (χ3n) is 3.87. The summed E-state index contributed by atoms with van der Waals surface area (Å²) in [5.74, 6) is 0. The topological polar surface area (TPSA) is 24.1 Å². The lowest BCUT2D eigenvalue weighted by molar-refractivity contribution is 0.637. The van der Waals surface area contributed by atoms with Gasteiger partial charge in [0.05, 0.1) is 6.04 Å². The van der Waals surface area contributed by atoms with Crippen LogP contribution in [-0.2, 0) is 6.54 Å². The van der Waals surface area contributed by atoms with Crippen LogP contribution in [-0.4, -0.2) is 6.54 Å². The van der Waals surface area contributed by atoms with Crippen molar-refractivity contribution in [3.63, 3.8) is 0 Å². The first-order chi connectivity index (χ1) is 9.74. The van der Waals surface area contributed by atoms with Crippen LogP contribution in [0.1, 0.15) is 29.2 Å². The van der Waals surface area contributed by atoms with Crippen molar-refractivity contribution in [3.8, 4) is 0 Å². The van der Waals surface area contributed by atoms with Crippen molar-refractivity contribution in [2.24, 2.45) is 0 Å². The molecule has 2 nitrogen and oxygen atoms in total. The number of benzene rings is 2. The zero-order chi connectivity index (χ0) is 13.9. The number of rotatable bonds is 2. The molecule has 3 heteroatoms. The Hall–Kier alpha value is -1.51. The zero-order valence-corrected chi connectivity index (χ0v) is 12.4. The summed E-state index contributed by atoms with van der Waals surface area (Å²) in [6.07, 6.45) is 1.08. The van der Waals surface area contributed by atoms with Crippen LogP contribution in [0.15, 0.2) is 42.5 Å². The molecule has 104 valence electrons. The van der Waals surface area contributed by atoms with E-state index >= 15 is 0 Å². The molecule has 0 saturated heterocycles. The number of hydrogen-bond donors (Lipinski definition) is 2. The van der Waals surface area contributed by atoms with Gasteiger partial charge < -0.3 is 10.6 Å². The number of hydrogen-bond acceptors (Lipinski definition) is 2. The van der Waals surface area contributed by atoms with E-state index in [1.807, 2.05) is 12.1 Å². The Morgan fingerprint density at radius 1 is 1.20 bits per heavy atom. The largest absolute Gasteiger partial charge is 0.378 e. The standard InChI is InChI=1S/C17H19ClN2/c1-12-10-14(18)6-7-16(12)20-17-8-9-19-11-13-4-2-3-5-15(13)17/h2-7,10,17,19-20H,8-9,11H2,1H3. The van der Waals surface area contributed by atoms with Gasteiger partial charge in [0.1, 0.15) is 0 Å². The van der Waals surface area contributed by atoms with Crippen molar-refractivity contribution in [3.05, 3.63) is 64.2 Å². The third-order valence-corrected chi connectivity index (χ3v) is 4.11. The second-order valence-corrected chi connectivity index (χ2v) is 5.76. The van der Waals surface area contributed by atoms with Crippen molar-refractivity contribution < 1.29 is 0 Å². The van der Waals surface area contributed by atoms with Crippen LogP contribution < -0.4 is 10.6 Å². The molecule has 0 aromatic heterocycles. The summed E-state index contributed by atoms with van der Waals surface area (Å²) in [7, 11) is 0. The average molecular weight is 287 g/mol. The van der Waals surface area contributed by atoms with E-state index in [2.05, 4.69) is 47.9 Å². The maximum Gasteiger partial charge on any atom is 0.0529 e. The fourth-order valence-electron chi connectivity index (χ4n) is 2.79. The van der Waals surface area contributed by atoms with Crippen molar-refractivity contribution in [2.45, 2.75) is 25.9 Å². The summed E-state index contributed by atoms with van der Waals surface area (Å²) in [6, 6.07) is 15.0. The van der Waals surface area contributed by atoms with Crippen LogP contribution in [0.5, 0.6) is 0 Å². The highest BCUT2D eigenvalue weighted by molar-refractivity contribution is 6.30. The van der Waals surface area contributed by atoms with Crippen LogP contribution in [0, 0.1) is 6.92 Å². The fourth-order valence-corrected chi connectivity index (χ4v) is 3.01. The van der Waals surface area contributed by atoms with Crippen molar-refractivity contribution in [1.29, 1.82) is 0 Å². The number of halogens is 1. The summed E-state index contributed by atoms with van der Waals surface area (Å²) >= 11 is 6.03. The van der Waals surface area contributed by atoms with Gasteiger partial charge in [0, 0.05) is 17.3 Å². The first-order valence-corrected chi connectivity index (χ1v) is 7.43. The molecule has 2 aromatic carbocycles. The molecule has 3 rings (SSSR count). The Morgan fingerprint density at radius 2 is 2.05 bits per heavy atom. The molecule has 1 aliphatic heterocycles. The van der Waals surface area contributed by atoms with Gasteiger partial charge in [0.25, 0.3) is 0 Å². The van der Waals surface area contributed by atoms with Gasteiger partial charge in [-0.1, -0.05) is 35.9 Å². The molecule has 0 aliphatic carbocycles. The molecular weight excluding hydrogens is 268 g/mol. The average Bonchev–Trinajstić information content (AvgIpc) is 2.65. The summed E-state index contributed by atoms with van der Waals surface area (Å²) in [6.45, 7) is 4.07. The molecular formula is C17H19ClN2. The Bertz CT molecular complexity index is 610. The Labute approximate surface area is 125 Å². The molecule has 0 amide bonds. The van der Waals surface area contributed by atoms with Gasteiger partial charge in [0.15, 0.2) is 0 Å². The lowest BCUT2D eigenvalue weighted by Gasteiger charge is -2.21. The minimum absolute atomic E-state index is 0.348. The molecule has 1 atom stereocenters.